The van der Waals surface area contributed by atoms with Crippen molar-refractivity contribution < 1.29 is 28.6 Å². The van der Waals surface area contributed by atoms with Crippen molar-refractivity contribution in [3.63, 3.8) is 0 Å². The van der Waals surface area contributed by atoms with Crippen molar-refractivity contribution in [1.82, 2.24) is 10.2 Å². The maximum atomic E-state index is 13.4. The molecular weight excluding hydrogens is 424 g/mol. The molecule has 0 aromatic heterocycles. The molecule has 4 rings (SSSR count). The minimum absolute atomic E-state index is 0.0434. The first-order valence-corrected chi connectivity index (χ1v) is 11.6. The summed E-state index contributed by atoms with van der Waals surface area (Å²) in [6.07, 6.45) is 4.01. The first-order chi connectivity index (χ1) is 16.0. The summed E-state index contributed by atoms with van der Waals surface area (Å²) >= 11 is 0. The Balaban J connectivity index is 1.55. The van der Waals surface area contributed by atoms with Crippen LogP contribution < -0.4 is 14.8 Å². The van der Waals surface area contributed by atoms with Gasteiger partial charge in [0, 0.05) is 25.2 Å². The molecule has 1 N–H and O–H groups in total. The van der Waals surface area contributed by atoms with E-state index in [1.165, 1.54) is 5.57 Å². The van der Waals surface area contributed by atoms with Crippen molar-refractivity contribution in [3.8, 4) is 11.5 Å². The molecule has 1 fully saturated rings. The van der Waals surface area contributed by atoms with Gasteiger partial charge in [-0.05, 0) is 62.3 Å². The van der Waals surface area contributed by atoms with Gasteiger partial charge in [0.05, 0.1) is 26.7 Å². The van der Waals surface area contributed by atoms with Crippen molar-refractivity contribution in [2.75, 3.05) is 27.4 Å². The monoisotopic (exact) mass is 456 g/mol. The van der Waals surface area contributed by atoms with Crippen LogP contribution in [0, 0.1) is 11.3 Å². The van der Waals surface area contributed by atoms with Gasteiger partial charge >= 0.3 is 5.97 Å². The first-order valence-electron chi connectivity index (χ1n) is 11.6. The number of benzene rings is 1. The second-order valence-corrected chi connectivity index (χ2v) is 8.81. The molecule has 33 heavy (non-hydrogen) atoms. The Morgan fingerprint density at radius 2 is 1.91 bits per heavy atom. The molecule has 2 aliphatic heterocycles. The van der Waals surface area contributed by atoms with Gasteiger partial charge in [-0.15, -0.1) is 0 Å². The molecule has 0 radical (unpaired) electrons. The summed E-state index contributed by atoms with van der Waals surface area (Å²) < 4.78 is 16.1. The molecular formula is C25H32N2O6. The van der Waals surface area contributed by atoms with Gasteiger partial charge in [-0.1, -0.05) is 6.07 Å². The summed E-state index contributed by atoms with van der Waals surface area (Å²) in [6, 6.07) is 5.43. The lowest BCUT2D eigenvalue weighted by atomic mass is 9.65. The third kappa shape index (κ3) is 3.96. The molecule has 3 aliphatic rings. The Labute approximate surface area is 194 Å². The third-order valence-electron chi connectivity index (χ3n) is 7.06. The van der Waals surface area contributed by atoms with Crippen LogP contribution in [0.15, 0.2) is 29.5 Å². The van der Waals surface area contributed by atoms with Gasteiger partial charge in [0.15, 0.2) is 11.5 Å². The molecule has 2 atom stereocenters. The quantitative estimate of drug-likeness (QED) is 0.605. The predicted molar refractivity (Wildman–Crippen MR) is 120 cm³/mol. The van der Waals surface area contributed by atoms with Crippen molar-refractivity contribution >= 4 is 17.8 Å². The van der Waals surface area contributed by atoms with Gasteiger partial charge in [-0.2, -0.15) is 0 Å². The lowest BCUT2D eigenvalue weighted by molar-refractivity contribution is -0.158. The SMILES string of the molecule is CCOC(=O)[C@@]12CCCC3=C1N(CCC3)C(=O)[C@H]2CC(=O)NCc1ccc(OC)c(OC)c1. The zero-order chi connectivity index (χ0) is 23.6. The molecule has 0 spiro atoms. The number of esters is 1. The molecule has 0 bridgehead atoms. The van der Waals surface area contributed by atoms with Crippen LogP contribution >= 0.6 is 0 Å². The Kier molecular flexibility index (Phi) is 6.63. The number of amides is 2. The van der Waals surface area contributed by atoms with E-state index in [0.29, 0.717) is 24.5 Å². The Hall–Kier alpha value is -3.03. The highest BCUT2D eigenvalue weighted by Crippen LogP contribution is 2.57. The van der Waals surface area contributed by atoms with Crippen LogP contribution in [0.2, 0.25) is 0 Å². The van der Waals surface area contributed by atoms with E-state index in [1.54, 1.807) is 38.2 Å². The fourth-order valence-electron chi connectivity index (χ4n) is 5.64. The minimum atomic E-state index is -1.04. The number of carbonyl (C=O) groups is 3. The number of methoxy groups -OCH3 is 2. The normalized spacial score (nSPS) is 23.8. The van der Waals surface area contributed by atoms with Crippen LogP contribution in [-0.2, 0) is 25.7 Å². The summed E-state index contributed by atoms with van der Waals surface area (Å²) in [5, 5.41) is 2.90. The highest BCUT2D eigenvalue weighted by Gasteiger charge is 2.63. The Morgan fingerprint density at radius 3 is 2.64 bits per heavy atom. The molecule has 1 aromatic rings. The number of allylic oxidation sites excluding steroid dienone is 1. The second-order valence-electron chi connectivity index (χ2n) is 8.81. The van der Waals surface area contributed by atoms with E-state index in [-0.39, 0.29) is 37.4 Å². The standard InChI is InChI=1S/C25H32N2O6/c1-4-33-24(30)25-11-5-7-17-8-6-12-27(22(17)25)23(29)18(25)14-21(28)26-15-16-9-10-19(31-2)20(13-16)32-3/h9-10,13,18H,4-8,11-12,14-15H2,1-3H3,(H,26,28)/t18-,25-/m1/s1. The topological polar surface area (TPSA) is 94.2 Å². The van der Waals surface area contributed by atoms with Crippen LogP contribution in [-0.4, -0.2) is 50.1 Å². The van der Waals surface area contributed by atoms with Gasteiger partial charge in [0.1, 0.15) is 5.41 Å². The number of nitrogens with zero attached hydrogens (tertiary/aromatic N) is 1. The highest BCUT2D eigenvalue weighted by atomic mass is 16.5. The number of carbonyl (C=O) groups excluding carboxylic acids is 3. The summed E-state index contributed by atoms with van der Waals surface area (Å²) in [7, 11) is 3.12. The maximum Gasteiger partial charge on any atom is 0.318 e. The van der Waals surface area contributed by atoms with E-state index >= 15 is 0 Å². The molecule has 8 nitrogen and oxygen atoms in total. The van der Waals surface area contributed by atoms with E-state index in [2.05, 4.69) is 5.32 Å². The second kappa shape index (κ2) is 9.45. The molecule has 1 saturated heterocycles. The molecule has 2 amide bonds. The van der Waals surface area contributed by atoms with Gasteiger partial charge in [0.25, 0.3) is 0 Å². The number of rotatable bonds is 8. The fraction of sp³-hybridized carbons (Fsp3) is 0.560. The van der Waals surface area contributed by atoms with Crippen LogP contribution in [0.5, 0.6) is 11.5 Å². The molecule has 8 heteroatoms. The van der Waals surface area contributed by atoms with Crippen molar-refractivity contribution in [2.45, 2.75) is 52.0 Å². The molecule has 1 aliphatic carbocycles. The number of ether oxygens (including phenoxy) is 3. The number of nitrogens with one attached hydrogen (secondary N) is 1. The van der Waals surface area contributed by atoms with E-state index in [1.807, 2.05) is 6.07 Å². The minimum Gasteiger partial charge on any atom is -0.493 e. The number of hydrogen-bond donors (Lipinski definition) is 1. The molecule has 178 valence electrons. The largest absolute Gasteiger partial charge is 0.493 e. The average molecular weight is 457 g/mol. The van der Waals surface area contributed by atoms with Crippen molar-refractivity contribution in [3.05, 3.63) is 35.0 Å². The highest BCUT2D eigenvalue weighted by molar-refractivity contribution is 5.99. The molecule has 2 heterocycles. The van der Waals surface area contributed by atoms with Crippen molar-refractivity contribution in [2.24, 2.45) is 11.3 Å². The summed E-state index contributed by atoms with van der Waals surface area (Å²) in [5.41, 5.74) is 1.82. The van der Waals surface area contributed by atoms with Crippen LogP contribution in [0.25, 0.3) is 0 Å². The third-order valence-corrected chi connectivity index (χ3v) is 7.06. The zero-order valence-corrected chi connectivity index (χ0v) is 19.6. The van der Waals surface area contributed by atoms with Gasteiger partial charge in [0.2, 0.25) is 11.8 Å². The summed E-state index contributed by atoms with van der Waals surface area (Å²) in [4.78, 5) is 41.5. The van der Waals surface area contributed by atoms with Gasteiger partial charge in [-0.3, -0.25) is 14.4 Å². The van der Waals surface area contributed by atoms with Crippen LogP contribution in [0.4, 0.5) is 0 Å². The Bertz CT molecular complexity index is 983. The maximum absolute atomic E-state index is 13.4. The van der Waals surface area contributed by atoms with Crippen LogP contribution in [0.1, 0.15) is 51.0 Å². The predicted octanol–water partition coefficient (Wildman–Crippen LogP) is 2.95. The smallest absolute Gasteiger partial charge is 0.318 e. The van der Waals surface area contributed by atoms with Crippen LogP contribution in [0.3, 0.4) is 0 Å². The van der Waals surface area contributed by atoms with Gasteiger partial charge in [-0.25, -0.2) is 0 Å². The fourth-order valence-corrected chi connectivity index (χ4v) is 5.64. The van der Waals surface area contributed by atoms with E-state index in [4.69, 9.17) is 14.2 Å². The van der Waals surface area contributed by atoms with E-state index in [0.717, 1.165) is 36.9 Å². The zero-order valence-electron chi connectivity index (χ0n) is 19.6. The van der Waals surface area contributed by atoms with E-state index < -0.39 is 11.3 Å². The number of hydrogen-bond acceptors (Lipinski definition) is 6. The first kappa shape index (κ1) is 23.1. The Morgan fingerprint density at radius 1 is 1.15 bits per heavy atom. The summed E-state index contributed by atoms with van der Waals surface area (Å²) in [6.45, 7) is 2.90. The molecule has 1 aromatic carbocycles. The average Bonchev–Trinajstić information content (AvgIpc) is 3.08. The van der Waals surface area contributed by atoms with E-state index in [9.17, 15) is 14.4 Å². The molecule has 0 unspecified atom stereocenters. The lowest BCUT2D eigenvalue weighted by Crippen LogP contribution is -2.44. The lowest BCUT2D eigenvalue weighted by Gasteiger charge is -2.39. The summed E-state index contributed by atoms with van der Waals surface area (Å²) in [5.74, 6) is -0.302. The van der Waals surface area contributed by atoms with Gasteiger partial charge < -0.3 is 24.4 Å². The van der Waals surface area contributed by atoms with Crippen molar-refractivity contribution in [1.29, 1.82) is 0 Å². The molecule has 0 saturated carbocycles.